The number of pyridine rings is 1. The van der Waals surface area contributed by atoms with Gasteiger partial charge in [-0.3, -0.25) is 9.78 Å². The van der Waals surface area contributed by atoms with Crippen molar-refractivity contribution < 1.29 is 9.52 Å². The molecule has 0 amide bonds. The summed E-state index contributed by atoms with van der Waals surface area (Å²) in [6.07, 6.45) is 3.45. The molecule has 2 aromatic carbocycles. The molecule has 0 fully saturated rings. The summed E-state index contributed by atoms with van der Waals surface area (Å²) in [5.41, 5.74) is 2.34. The van der Waals surface area contributed by atoms with Gasteiger partial charge in [0.25, 0.3) is 0 Å². The lowest BCUT2D eigenvalue weighted by Gasteiger charge is -2.05. The molecule has 4 aromatic rings. The van der Waals surface area contributed by atoms with E-state index in [2.05, 4.69) is 4.98 Å². The fourth-order valence-corrected chi connectivity index (χ4v) is 2.57. The number of aromatic hydroxyl groups is 1. The monoisotopic (exact) mass is 289 g/mol. The maximum absolute atomic E-state index is 12.5. The third-order valence-electron chi connectivity index (χ3n) is 3.67. The van der Waals surface area contributed by atoms with Gasteiger partial charge in [0.2, 0.25) is 5.43 Å². The predicted molar refractivity (Wildman–Crippen MR) is 84.9 cm³/mol. The summed E-state index contributed by atoms with van der Waals surface area (Å²) in [4.78, 5) is 16.6. The zero-order valence-electron chi connectivity index (χ0n) is 11.5. The lowest BCUT2D eigenvalue weighted by Crippen LogP contribution is -2.02. The summed E-state index contributed by atoms with van der Waals surface area (Å²) in [7, 11) is 0. The fraction of sp³-hybridized carbons (Fsp3) is 0. The van der Waals surface area contributed by atoms with Crippen molar-refractivity contribution in [2.45, 2.75) is 0 Å². The SMILES string of the molecule is O=c1c2ccc(-c3cccnc3)cc2oc2c(O)cccc12. The number of hydrogen-bond acceptors (Lipinski definition) is 4. The van der Waals surface area contributed by atoms with Gasteiger partial charge < -0.3 is 9.52 Å². The Balaban J connectivity index is 2.07. The summed E-state index contributed by atoms with van der Waals surface area (Å²) in [6.45, 7) is 0. The Morgan fingerprint density at radius 2 is 1.86 bits per heavy atom. The van der Waals surface area contributed by atoms with Crippen molar-refractivity contribution in [2.75, 3.05) is 0 Å². The second kappa shape index (κ2) is 4.70. The third-order valence-corrected chi connectivity index (χ3v) is 3.67. The molecule has 0 saturated carbocycles. The molecule has 0 aliphatic rings. The van der Waals surface area contributed by atoms with Gasteiger partial charge in [-0.1, -0.05) is 18.2 Å². The molecule has 1 N–H and O–H groups in total. The molecule has 0 unspecified atom stereocenters. The van der Waals surface area contributed by atoms with E-state index in [-0.39, 0.29) is 16.8 Å². The van der Waals surface area contributed by atoms with Gasteiger partial charge >= 0.3 is 0 Å². The molecule has 0 aliphatic heterocycles. The van der Waals surface area contributed by atoms with Crippen LogP contribution >= 0.6 is 0 Å². The van der Waals surface area contributed by atoms with Crippen LogP contribution in [0.15, 0.2) is 70.1 Å². The first kappa shape index (κ1) is 12.6. The van der Waals surface area contributed by atoms with Crippen LogP contribution in [-0.4, -0.2) is 10.1 Å². The highest BCUT2D eigenvalue weighted by Gasteiger charge is 2.11. The van der Waals surface area contributed by atoms with Crippen molar-refractivity contribution in [3.8, 4) is 16.9 Å². The Kier molecular flexibility index (Phi) is 2.69. The molecule has 0 radical (unpaired) electrons. The van der Waals surface area contributed by atoms with Crippen molar-refractivity contribution in [1.29, 1.82) is 0 Å². The number of benzene rings is 2. The minimum Gasteiger partial charge on any atom is -0.504 e. The zero-order valence-corrected chi connectivity index (χ0v) is 11.5. The first-order valence-corrected chi connectivity index (χ1v) is 6.83. The van der Waals surface area contributed by atoms with Crippen LogP contribution in [0.4, 0.5) is 0 Å². The maximum Gasteiger partial charge on any atom is 0.200 e. The number of aromatic nitrogens is 1. The highest BCUT2D eigenvalue weighted by molar-refractivity contribution is 5.93. The predicted octanol–water partition coefficient (Wildman–Crippen LogP) is 3.71. The summed E-state index contributed by atoms with van der Waals surface area (Å²) in [5, 5.41) is 10.8. The normalized spacial score (nSPS) is 11.1. The first-order valence-electron chi connectivity index (χ1n) is 6.83. The van der Waals surface area contributed by atoms with E-state index < -0.39 is 0 Å². The molecule has 106 valence electrons. The van der Waals surface area contributed by atoms with Gasteiger partial charge in [0.15, 0.2) is 11.3 Å². The van der Waals surface area contributed by atoms with Crippen molar-refractivity contribution in [2.24, 2.45) is 0 Å². The van der Waals surface area contributed by atoms with E-state index in [1.165, 1.54) is 6.07 Å². The molecule has 4 nitrogen and oxygen atoms in total. The van der Waals surface area contributed by atoms with Crippen molar-refractivity contribution in [1.82, 2.24) is 4.98 Å². The van der Waals surface area contributed by atoms with E-state index >= 15 is 0 Å². The summed E-state index contributed by atoms with van der Waals surface area (Å²) >= 11 is 0. The molecule has 0 atom stereocenters. The molecule has 4 rings (SSSR count). The van der Waals surface area contributed by atoms with Crippen LogP contribution in [0.3, 0.4) is 0 Å². The quantitative estimate of drug-likeness (QED) is 0.542. The minimum atomic E-state index is -0.148. The molecular weight excluding hydrogens is 278 g/mol. The van der Waals surface area contributed by atoms with Crippen LogP contribution in [0.5, 0.6) is 5.75 Å². The van der Waals surface area contributed by atoms with Gasteiger partial charge in [0.05, 0.1) is 10.8 Å². The second-order valence-corrected chi connectivity index (χ2v) is 5.04. The first-order chi connectivity index (χ1) is 10.7. The number of fused-ring (bicyclic) bond motifs is 2. The molecule has 2 aromatic heterocycles. The van der Waals surface area contributed by atoms with Crippen LogP contribution in [-0.2, 0) is 0 Å². The highest BCUT2D eigenvalue weighted by Crippen LogP contribution is 2.28. The smallest absolute Gasteiger partial charge is 0.200 e. The Morgan fingerprint density at radius 3 is 2.68 bits per heavy atom. The van der Waals surface area contributed by atoms with Crippen LogP contribution < -0.4 is 5.43 Å². The molecule has 4 heteroatoms. The minimum absolute atomic E-state index is 0.0386. The standard InChI is InChI=1S/C18H11NO3/c20-15-5-1-4-14-17(21)13-7-6-11(9-16(13)22-18(14)15)12-3-2-8-19-10-12/h1-10,20H. The summed E-state index contributed by atoms with van der Waals surface area (Å²) in [5.74, 6) is -0.0386. The van der Waals surface area contributed by atoms with E-state index in [1.807, 2.05) is 18.2 Å². The highest BCUT2D eigenvalue weighted by atomic mass is 16.4. The average molecular weight is 289 g/mol. The second-order valence-electron chi connectivity index (χ2n) is 5.04. The van der Waals surface area contributed by atoms with Crippen LogP contribution in [0.1, 0.15) is 0 Å². The molecular formula is C18H11NO3. The number of phenolic OH excluding ortho intramolecular Hbond substituents is 1. The van der Waals surface area contributed by atoms with E-state index in [9.17, 15) is 9.90 Å². The molecule has 0 spiro atoms. The van der Waals surface area contributed by atoms with Gasteiger partial charge in [-0.15, -0.1) is 0 Å². The van der Waals surface area contributed by atoms with Crippen LogP contribution in [0, 0.1) is 0 Å². The fourth-order valence-electron chi connectivity index (χ4n) is 2.57. The van der Waals surface area contributed by atoms with E-state index in [1.54, 1.807) is 36.7 Å². The lowest BCUT2D eigenvalue weighted by molar-refractivity contribution is 0.467. The average Bonchev–Trinajstić information content (AvgIpc) is 2.56. The van der Waals surface area contributed by atoms with Gasteiger partial charge in [0, 0.05) is 18.0 Å². The Bertz CT molecular complexity index is 1050. The topological polar surface area (TPSA) is 63.3 Å². The molecule has 22 heavy (non-hydrogen) atoms. The number of rotatable bonds is 1. The number of para-hydroxylation sites is 1. The van der Waals surface area contributed by atoms with Crippen LogP contribution in [0.2, 0.25) is 0 Å². The number of phenols is 1. The largest absolute Gasteiger partial charge is 0.504 e. The third kappa shape index (κ3) is 1.85. The molecule has 0 bridgehead atoms. The van der Waals surface area contributed by atoms with Crippen molar-refractivity contribution in [3.05, 3.63) is 71.1 Å². The molecule has 0 aliphatic carbocycles. The van der Waals surface area contributed by atoms with Gasteiger partial charge in [-0.05, 0) is 35.9 Å². The number of hydrogen-bond donors (Lipinski definition) is 1. The van der Waals surface area contributed by atoms with E-state index in [0.717, 1.165) is 11.1 Å². The van der Waals surface area contributed by atoms with Crippen molar-refractivity contribution >= 4 is 21.9 Å². The van der Waals surface area contributed by atoms with Gasteiger partial charge in [-0.2, -0.15) is 0 Å². The summed E-state index contributed by atoms with van der Waals surface area (Å²) < 4.78 is 5.75. The lowest BCUT2D eigenvalue weighted by atomic mass is 10.0. The van der Waals surface area contributed by atoms with E-state index in [4.69, 9.17) is 4.42 Å². The van der Waals surface area contributed by atoms with Gasteiger partial charge in [-0.25, -0.2) is 0 Å². The maximum atomic E-state index is 12.5. The van der Waals surface area contributed by atoms with E-state index in [0.29, 0.717) is 16.4 Å². The van der Waals surface area contributed by atoms with Crippen LogP contribution in [0.25, 0.3) is 33.1 Å². The zero-order chi connectivity index (χ0) is 15.1. The Hall–Kier alpha value is -3.14. The molecule has 0 saturated heterocycles. The van der Waals surface area contributed by atoms with Gasteiger partial charge in [0.1, 0.15) is 5.58 Å². The molecule has 2 heterocycles. The Morgan fingerprint density at radius 1 is 0.955 bits per heavy atom. The Labute approximate surface area is 125 Å². The number of nitrogens with zero attached hydrogens (tertiary/aromatic N) is 1. The summed E-state index contributed by atoms with van der Waals surface area (Å²) in [6, 6.07) is 14.0. The van der Waals surface area contributed by atoms with Crippen molar-refractivity contribution in [3.63, 3.8) is 0 Å².